The fraction of sp³-hybridized carbons (Fsp3) is 1.00. The maximum Gasteiger partial charge on any atom is 0.0626 e. The summed E-state index contributed by atoms with van der Waals surface area (Å²) in [6.07, 6.45) is 1.61. The summed E-state index contributed by atoms with van der Waals surface area (Å²) in [7, 11) is 3.30. The van der Waals surface area contributed by atoms with Crippen LogP contribution in [0.25, 0.3) is 0 Å². The van der Waals surface area contributed by atoms with Crippen molar-refractivity contribution in [3.63, 3.8) is 0 Å². The molecule has 4 atom stereocenters. The first-order valence-electron chi connectivity index (χ1n) is 5.04. The second kappa shape index (κ2) is 5.66. The Morgan fingerprint density at radius 2 is 1.29 bits per heavy atom. The molecule has 0 heterocycles. The van der Waals surface area contributed by atoms with E-state index >= 15 is 0 Å². The summed E-state index contributed by atoms with van der Waals surface area (Å²) < 4.78 is 10.6. The van der Waals surface area contributed by atoms with Gasteiger partial charge in [-0.3, -0.25) is 0 Å². The van der Waals surface area contributed by atoms with Gasteiger partial charge in [-0.2, -0.15) is 0 Å². The first-order valence-corrected chi connectivity index (χ1v) is 5.04. The van der Waals surface area contributed by atoms with Crippen LogP contribution in [0.5, 0.6) is 0 Å². The van der Waals surface area contributed by atoms with E-state index in [4.69, 9.17) is 19.7 Å². The third-order valence-electron chi connectivity index (χ3n) is 3.20. The first kappa shape index (κ1) is 11.9. The minimum Gasteiger partial charge on any atom is -0.396 e. The molecule has 1 fully saturated rings. The van der Waals surface area contributed by atoms with Crippen molar-refractivity contribution in [2.75, 3.05) is 27.4 Å². The highest BCUT2D eigenvalue weighted by molar-refractivity contribution is 4.86. The van der Waals surface area contributed by atoms with Crippen molar-refractivity contribution in [2.45, 2.75) is 25.0 Å². The van der Waals surface area contributed by atoms with E-state index in [2.05, 4.69) is 0 Å². The molecular formula is C10H20O4. The van der Waals surface area contributed by atoms with Crippen molar-refractivity contribution in [1.29, 1.82) is 0 Å². The van der Waals surface area contributed by atoms with Gasteiger partial charge in [0.1, 0.15) is 0 Å². The molecule has 0 saturated heterocycles. The number of methoxy groups -OCH3 is 2. The molecule has 1 aliphatic carbocycles. The molecule has 0 amide bonds. The molecule has 0 aromatic carbocycles. The summed E-state index contributed by atoms with van der Waals surface area (Å²) >= 11 is 0. The minimum absolute atomic E-state index is 0.0450. The Morgan fingerprint density at radius 1 is 0.929 bits per heavy atom. The summed E-state index contributed by atoms with van der Waals surface area (Å²) in [6, 6.07) is 0. The summed E-state index contributed by atoms with van der Waals surface area (Å²) in [5.41, 5.74) is 0. The molecule has 0 aliphatic heterocycles. The summed E-state index contributed by atoms with van der Waals surface area (Å²) in [5, 5.41) is 18.3. The fourth-order valence-electron chi connectivity index (χ4n) is 2.25. The Kier molecular flexibility index (Phi) is 4.81. The third-order valence-corrected chi connectivity index (χ3v) is 3.20. The van der Waals surface area contributed by atoms with Crippen molar-refractivity contribution in [1.82, 2.24) is 0 Å². The highest BCUT2D eigenvalue weighted by Gasteiger charge is 2.36. The van der Waals surface area contributed by atoms with Crippen LogP contribution in [0.4, 0.5) is 0 Å². The maximum atomic E-state index is 9.17. The zero-order valence-electron chi connectivity index (χ0n) is 8.85. The Hall–Kier alpha value is -0.160. The van der Waals surface area contributed by atoms with E-state index in [0.29, 0.717) is 0 Å². The topological polar surface area (TPSA) is 58.9 Å². The van der Waals surface area contributed by atoms with E-state index in [1.807, 2.05) is 0 Å². The van der Waals surface area contributed by atoms with Crippen molar-refractivity contribution in [2.24, 2.45) is 11.8 Å². The van der Waals surface area contributed by atoms with Crippen LogP contribution in [-0.2, 0) is 9.47 Å². The Labute approximate surface area is 84.8 Å². The minimum atomic E-state index is 0.0450. The molecule has 0 aromatic rings. The van der Waals surface area contributed by atoms with Crippen LogP contribution in [-0.4, -0.2) is 49.9 Å². The number of hydrogen-bond acceptors (Lipinski definition) is 4. The van der Waals surface area contributed by atoms with Gasteiger partial charge >= 0.3 is 0 Å². The summed E-state index contributed by atoms with van der Waals surface area (Å²) in [5.74, 6) is 0.264. The monoisotopic (exact) mass is 204 g/mol. The molecule has 84 valence electrons. The lowest BCUT2D eigenvalue weighted by Gasteiger charge is -2.38. The Balaban J connectivity index is 2.59. The van der Waals surface area contributed by atoms with Crippen LogP contribution in [0, 0.1) is 11.8 Å². The zero-order chi connectivity index (χ0) is 10.6. The van der Waals surface area contributed by atoms with Gasteiger partial charge < -0.3 is 19.7 Å². The second-order valence-electron chi connectivity index (χ2n) is 3.91. The second-order valence-corrected chi connectivity index (χ2v) is 3.91. The molecule has 0 spiro atoms. The molecule has 14 heavy (non-hydrogen) atoms. The maximum absolute atomic E-state index is 9.17. The molecule has 0 radical (unpaired) electrons. The molecule has 4 heteroatoms. The van der Waals surface area contributed by atoms with E-state index < -0.39 is 0 Å². The van der Waals surface area contributed by atoms with Crippen LogP contribution in [0.3, 0.4) is 0 Å². The normalized spacial score (nSPS) is 38.6. The van der Waals surface area contributed by atoms with Crippen LogP contribution < -0.4 is 0 Å². The van der Waals surface area contributed by atoms with Gasteiger partial charge in [0.15, 0.2) is 0 Å². The van der Waals surface area contributed by atoms with E-state index in [1.54, 1.807) is 14.2 Å². The Morgan fingerprint density at radius 3 is 1.50 bits per heavy atom. The molecule has 1 aliphatic rings. The lowest BCUT2D eigenvalue weighted by atomic mass is 9.78. The van der Waals surface area contributed by atoms with Gasteiger partial charge in [0.2, 0.25) is 0 Å². The average Bonchev–Trinajstić information content (AvgIpc) is 2.26. The van der Waals surface area contributed by atoms with Crippen LogP contribution in [0.15, 0.2) is 0 Å². The molecular weight excluding hydrogens is 184 g/mol. The number of rotatable bonds is 4. The average molecular weight is 204 g/mol. The lowest BCUT2D eigenvalue weighted by molar-refractivity contribution is -0.0902. The number of aliphatic hydroxyl groups excluding tert-OH is 2. The highest BCUT2D eigenvalue weighted by atomic mass is 16.5. The Bertz CT molecular complexity index is 128. The molecule has 2 N–H and O–H groups in total. The molecule has 1 rings (SSSR count). The van der Waals surface area contributed by atoms with Gasteiger partial charge in [-0.25, -0.2) is 0 Å². The van der Waals surface area contributed by atoms with Gasteiger partial charge in [0, 0.05) is 39.3 Å². The predicted molar refractivity (Wildman–Crippen MR) is 52.0 cm³/mol. The largest absolute Gasteiger partial charge is 0.396 e. The summed E-state index contributed by atoms with van der Waals surface area (Å²) in [4.78, 5) is 0. The number of ether oxygens (including phenoxy) is 2. The van der Waals surface area contributed by atoms with E-state index in [-0.39, 0.29) is 37.3 Å². The SMILES string of the molecule is COC1CC(CO)C(OC)CC1CO. The molecule has 1 saturated carbocycles. The predicted octanol–water partition coefficient (Wildman–Crippen LogP) is 0.0272. The van der Waals surface area contributed by atoms with Gasteiger partial charge in [0.05, 0.1) is 12.2 Å². The fourth-order valence-corrected chi connectivity index (χ4v) is 2.25. The van der Waals surface area contributed by atoms with Crippen LogP contribution >= 0.6 is 0 Å². The summed E-state index contributed by atoms with van der Waals surface area (Å²) in [6.45, 7) is 0.243. The van der Waals surface area contributed by atoms with Crippen molar-refractivity contribution in [3.8, 4) is 0 Å². The van der Waals surface area contributed by atoms with Crippen LogP contribution in [0.2, 0.25) is 0 Å². The lowest BCUT2D eigenvalue weighted by Crippen LogP contribution is -2.43. The standard InChI is InChI=1S/C10H20O4/c1-13-9-3-8(6-12)10(14-2)4-7(9)5-11/h7-12H,3-6H2,1-2H3. The molecule has 4 nitrogen and oxygen atoms in total. The molecule has 4 unspecified atom stereocenters. The van der Waals surface area contributed by atoms with Crippen LogP contribution in [0.1, 0.15) is 12.8 Å². The van der Waals surface area contributed by atoms with E-state index in [1.165, 1.54) is 0 Å². The van der Waals surface area contributed by atoms with E-state index in [9.17, 15) is 0 Å². The van der Waals surface area contributed by atoms with Crippen molar-refractivity contribution >= 4 is 0 Å². The van der Waals surface area contributed by atoms with Gasteiger partial charge in [-0.1, -0.05) is 0 Å². The number of aliphatic hydroxyl groups is 2. The van der Waals surface area contributed by atoms with Gasteiger partial charge in [-0.15, -0.1) is 0 Å². The molecule has 0 aromatic heterocycles. The zero-order valence-corrected chi connectivity index (χ0v) is 8.85. The third kappa shape index (κ3) is 2.45. The molecule has 0 bridgehead atoms. The first-order chi connectivity index (χ1) is 6.76. The quantitative estimate of drug-likeness (QED) is 0.678. The van der Waals surface area contributed by atoms with Gasteiger partial charge in [0.25, 0.3) is 0 Å². The van der Waals surface area contributed by atoms with Gasteiger partial charge in [-0.05, 0) is 12.8 Å². The van der Waals surface area contributed by atoms with Crippen molar-refractivity contribution < 1.29 is 19.7 Å². The highest BCUT2D eigenvalue weighted by Crippen LogP contribution is 2.32. The van der Waals surface area contributed by atoms with E-state index in [0.717, 1.165) is 12.8 Å². The smallest absolute Gasteiger partial charge is 0.0626 e. The number of hydrogen-bond donors (Lipinski definition) is 2. The van der Waals surface area contributed by atoms with Crippen molar-refractivity contribution in [3.05, 3.63) is 0 Å².